The molecule has 3 aromatic carbocycles. The minimum Gasteiger partial charge on any atom is -0.386 e. The van der Waals surface area contributed by atoms with Gasteiger partial charge in [-0.15, -0.1) is 0 Å². The molecule has 1 unspecified atom stereocenters. The second-order valence-corrected chi connectivity index (χ2v) is 11.4. The standard InChI is InChI=1S/C27H32N2O3S/c1-27(2,30)23-14-12-21(13-15-23)19-29-17-16-28(20-26(29)22-8-5-4-6-9-22)24-10-7-11-25(18-24)33(3,31)32/h4-15,18,26,30H,16-17,19-20H2,1-3H3. The van der Waals surface area contributed by atoms with Crippen molar-refractivity contribution in [2.45, 2.75) is 36.9 Å². The Bertz CT molecular complexity index is 1190. The summed E-state index contributed by atoms with van der Waals surface area (Å²) in [5, 5.41) is 10.2. The third-order valence-corrected chi connectivity index (χ3v) is 7.44. The number of aliphatic hydroxyl groups is 1. The molecular formula is C27H32N2O3S. The number of sulfone groups is 1. The van der Waals surface area contributed by atoms with Gasteiger partial charge in [0.05, 0.1) is 16.5 Å². The molecule has 0 radical (unpaired) electrons. The molecule has 1 heterocycles. The monoisotopic (exact) mass is 464 g/mol. The largest absolute Gasteiger partial charge is 0.386 e. The first kappa shape index (κ1) is 23.5. The fourth-order valence-electron chi connectivity index (χ4n) is 4.40. The summed E-state index contributed by atoms with van der Waals surface area (Å²) in [4.78, 5) is 5.11. The van der Waals surface area contributed by atoms with Crippen molar-refractivity contribution < 1.29 is 13.5 Å². The van der Waals surface area contributed by atoms with E-state index in [1.165, 1.54) is 17.4 Å². The van der Waals surface area contributed by atoms with E-state index < -0.39 is 15.4 Å². The average molecular weight is 465 g/mol. The molecule has 3 aromatic rings. The van der Waals surface area contributed by atoms with Crippen LogP contribution in [0, 0.1) is 0 Å². The molecule has 1 atom stereocenters. The predicted molar refractivity (Wildman–Crippen MR) is 133 cm³/mol. The Morgan fingerprint density at radius 3 is 2.27 bits per heavy atom. The Balaban J connectivity index is 1.58. The third-order valence-electron chi connectivity index (χ3n) is 6.33. The number of anilines is 1. The van der Waals surface area contributed by atoms with E-state index in [0.717, 1.165) is 37.4 Å². The van der Waals surface area contributed by atoms with Crippen molar-refractivity contribution in [3.63, 3.8) is 0 Å². The lowest BCUT2D eigenvalue weighted by molar-refractivity contribution is 0.0785. The second kappa shape index (κ2) is 9.29. The topological polar surface area (TPSA) is 60.9 Å². The lowest BCUT2D eigenvalue weighted by atomic mass is 9.96. The number of hydrogen-bond acceptors (Lipinski definition) is 5. The highest BCUT2D eigenvalue weighted by molar-refractivity contribution is 7.90. The van der Waals surface area contributed by atoms with Crippen LogP contribution in [0.4, 0.5) is 5.69 Å². The molecule has 0 amide bonds. The molecule has 1 fully saturated rings. The highest BCUT2D eigenvalue weighted by Gasteiger charge is 2.29. The molecule has 33 heavy (non-hydrogen) atoms. The first-order valence-corrected chi connectivity index (χ1v) is 13.2. The van der Waals surface area contributed by atoms with Crippen molar-refractivity contribution in [3.8, 4) is 0 Å². The van der Waals surface area contributed by atoms with Crippen LogP contribution >= 0.6 is 0 Å². The van der Waals surface area contributed by atoms with E-state index in [0.29, 0.717) is 4.90 Å². The summed E-state index contributed by atoms with van der Waals surface area (Å²) >= 11 is 0. The van der Waals surface area contributed by atoms with E-state index >= 15 is 0 Å². The van der Waals surface area contributed by atoms with Crippen LogP contribution in [0.25, 0.3) is 0 Å². The summed E-state index contributed by atoms with van der Waals surface area (Å²) in [6, 6.07) is 26.1. The fraction of sp³-hybridized carbons (Fsp3) is 0.333. The molecule has 1 aliphatic rings. The lowest BCUT2D eigenvalue weighted by Gasteiger charge is -2.43. The summed E-state index contributed by atoms with van der Waals surface area (Å²) < 4.78 is 24.1. The fourth-order valence-corrected chi connectivity index (χ4v) is 5.06. The van der Waals surface area contributed by atoms with Crippen molar-refractivity contribution in [3.05, 3.63) is 95.6 Å². The molecule has 4 rings (SSSR count). The molecule has 0 spiro atoms. The molecular weight excluding hydrogens is 432 g/mol. The molecule has 1 saturated heterocycles. The zero-order chi connectivity index (χ0) is 23.6. The van der Waals surface area contributed by atoms with Gasteiger partial charge in [-0.2, -0.15) is 0 Å². The summed E-state index contributed by atoms with van der Waals surface area (Å²) in [6.07, 6.45) is 1.25. The van der Waals surface area contributed by atoms with E-state index in [4.69, 9.17) is 0 Å². The van der Waals surface area contributed by atoms with Gasteiger partial charge in [-0.1, -0.05) is 60.7 Å². The summed E-state index contributed by atoms with van der Waals surface area (Å²) in [6.45, 7) is 6.85. The molecule has 1 N–H and O–H groups in total. The van der Waals surface area contributed by atoms with E-state index in [-0.39, 0.29) is 6.04 Å². The highest BCUT2D eigenvalue weighted by Crippen LogP contribution is 2.31. The van der Waals surface area contributed by atoms with Crippen LogP contribution in [-0.2, 0) is 22.0 Å². The minimum atomic E-state index is -3.25. The van der Waals surface area contributed by atoms with E-state index in [1.807, 2.05) is 30.3 Å². The summed E-state index contributed by atoms with van der Waals surface area (Å²) in [5.41, 5.74) is 3.44. The molecule has 0 saturated carbocycles. The van der Waals surface area contributed by atoms with Gasteiger partial charge < -0.3 is 10.0 Å². The molecule has 5 nitrogen and oxygen atoms in total. The molecule has 1 aliphatic heterocycles. The number of rotatable bonds is 6. The van der Waals surface area contributed by atoms with Crippen molar-refractivity contribution in [2.24, 2.45) is 0 Å². The Morgan fingerprint density at radius 1 is 0.939 bits per heavy atom. The Kier molecular flexibility index (Phi) is 6.61. The first-order chi connectivity index (χ1) is 15.6. The van der Waals surface area contributed by atoms with Crippen LogP contribution in [0.3, 0.4) is 0 Å². The average Bonchev–Trinajstić information content (AvgIpc) is 2.79. The van der Waals surface area contributed by atoms with Gasteiger partial charge in [0.2, 0.25) is 0 Å². The highest BCUT2D eigenvalue weighted by atomic mass is 32.2. The maximum Gasteiger partial charge on any atom is 0.175 e. The van der Waals surface area contributed by atoms with Crippen LogP contribution < -0.4 is 4.90 Å². The van der Waals surface area contributed by atoms with Crippen LogP contribution in [-0.4, -0.2) is 44.3 Å². The summed E-state index contributed by atoms with van der Waals surface area (Å²) in [7, 11) is -3.25. The van der Waals surface area contributed by atoms with Gasteiger partial charge in [-0.05, 0) is 48.7 Å². The summed E-state index contributed by atoms with van der Waals surface area (Å²) in [5.74, 6) is 0. The van der Waals surface area contributed by atoms with Gasteiger partial charge in [0.1, 0.15) is 0 Å². The van der Waals surface area contributed by atoms with Gasteiger partial charge in [0, 0.05) is 38.1 Å². The van der Waals surface area contributed by atoms with Gasteiger partial charge in [0.25, 0.3) is 0 Å². The number of piperazine rings is 1. The SMILES string of the molecule is CC(C)(O)c1ccc(CN2CCN(c3cccc(S(C)(=O)=O)c3)CC2c2ccccc2)cc1. The van der Waals surface area contributed by atoms with Gasteiger partial charge in [-0.3, -0.25) is 4.90 Å². The van der Waals surface area contributed by atoms with E-state index in [1.54, 1.807) is 26.0 Å². The Morgan fingerprint density at radius 2 is 1.64 bits per heavy atom. The van der Waals surface area contributed by atoms with Gasteiger partial charge >= 0.3 is 0 Å². The molecule has 0 bridgehead atoms. The Labute approximate surface area is 197 Å². The maximum absolute atomic E-state index is 12.1. The minimum absolute atomic E-state index is 0.177. The maximum atomic E-state index is 12.1. The third kappa shape index (κ3) is 5.64. The van der Waals surface area contributed by atoms with Crippen molar-refractivity contribution in [1.29, 1.82) is 0 Å². The molecule has 174 valence electrons. The van der Waals surface area contributed by atoms with Crippen LogP contribution in [0.2, 0.25) is 0 Å². The zero-order valence-corrected chi connectivity index (χ0v) is 20.3. The predicted octanol–water partition coefficient (Wildman–Crippen LogP) is 4.38. The lowest BCUT2D eigenvalue weighted by Crippen LogP contribution is -2.48. The normalized spacial score (nSPS) is 17.8. The molecule has 0 aliphatic carbocycles. The van der Waals surface area contributed by atoms with Gasteiger partial charge in [0.15, 0.2) is 9.84 Å². The van der Waals surface area contributed by atoms with Gasteiger partial charge in [-0.25, -0.2) is 8.42 Å². The van der Waals surface area contributed by atoms with Crippen molar-refractivity contribution >= 4 is 15.5 Å². The number of hydrogen-bond donors (Lipinski definition) is 1. The molecule has 0 aromatic heterocycles. The number of nitrogens with zero attached hydrogens (tertiary/aromatic N) is 2. The van der Waals surface area contributed by atoms with Crippen LogP contribution in [0.5, 0.6) is 0 Å². The zero-order valence-electron chi connectivity index (χ0n) is 19.5. The first-order valence-electron chi connectivity index (χ1n) is 11.3. The van der Waals surface area contributed by atoms with Crippen molar-refractivity contribution in [2.75, 3.05) is 30.8 Å². The van der Waals surface area contributed by atoms with Crippen molar-refractivity contribution in [1.82, 2.24) is 4.90 Å². The van der Waals surface area contributed by atoms with Crippen LogP contribution in [0.15, 0.2) is 83.8 Å². The molecule has 6 heteroatoms. The van der Waals surface area contributed by atoms with E-state index in [9.17, 15) is 13.5 Å². The number of benzene rings is 3. The quantitative estimate of drug-likeness (QED) is 0.587. The smallest absolute Gasteiger partial charge is 0.175 e. The van der Waals surface area contributed by atoms with E-state index in [2.05, 4.69) is 46.2 Å². The second-order valence-electron chi connectivity index (χ2n) is 9.37. The van der Waals surface area contributed by atoms with Crippen LogP contribution in [0.1, 0.15) is 36.6 Å². The Hall–Kier alpha value is -2.67.